The second-order valence-electron chi connectivity index (χ2n) is 3.47. The standard InChI is InChI=1S/C14H4N4Se2/c1-17-14(18-2)13-6-5-12(20-13)11-4-3-10(19-11)9(7-15)8-16/h3-6H/b12-11+. The van der Waals surface area contributed by atoms with E-state index in [0.29, 0.717) is 0 Å². The van der Waals surface area contributed by atoms with E-state index >= 15 is 0 Å². The van der Waals surface area contributed by atoms with Gasteiger partial charge in [0.15, 0.2) is 0 Å². The van der Waals surface area contributed by atoms with E-state index in [4.69, 9.17) is 23.7 Å². The Morgan fingerprint density at radius 2 is 1.40 bits per heavy atom. The SMILES string of the molecule is [C-]#[N+]C([N+]#[C-])=c1cc/c(=c2/ccc(=C(C#N)C#N)[se]2)[se]1. The molecule has 4 nitrogen and oxygen atoms in total. The molecule has 0 radical (unpaired) electrons. The first-order chi connectivity index (χ1) is 9.73. The number of hydrogen-bond donors (Lipinski definition) is 0. The molecule has 0 aliphatic rings. The predicted octanol–water partition coefficient (Wildman–Crippen LogP) is 0.190. The van der Waals surface area contributed by atoms with Crippen molar-refractivity contribution >= 4 is 40.4 Å². The van der Waals surface area contributed by atoms with Gasteiger partial charge >= 0.3 is 127 Å². The second-order valence-corrected chi connectivity index (χ2v) is 8.02. The van der Waals surface area contributed by atoms with Crippen molar-refractivity contribution in [3.8, 4) is 12.1 Å². The Hall–Kier alpha value is -2.30. The van der Waals surface area contributed by atoms with Gasteiger partial charge in [0.2, 0.25) is 0 Å². The molecule has 92 valence electrons. The summed E-state index contributed by atoms with van der Waals surface area (Å²) < 4.78 is 3.84. The van der Waals surface area contributed by atoms with Crippen molar-refractivity contribution < 1.29 is 0 Å². The van der Waals surface area contributed by atoms with E-state index in [1.54, 1.807) is 0 Å². The summed E-state index contributed by atoms with van der Waals surface area (Å²) in [4.78, 5) is 6.46. The third kappa shape index (κ3) is 2.66. The van der Waals surface area contributed by atoms with Crippen LogP contribution in [-0.2, 0) is 0 Å². The fourth-order valence-corrected chi connectivity index (χ4v) is 6.01. The van der Waals surface area contributed by atoms with Gasteiger partial charge in [-0.3, -0.25) is 0 Å². The van der Waals surface area contributed by atoms with Gasteiger partial charge in [0.05, 0.1) is 0 Å². The number of nitriles is 2. The molecule has 6 heteroatoms. The monoisotopic (exact) mass is 388 g/mol. The van der Waals surface area contributed by atoms with Gasteiger partial charge in [-0.1, -0.05) is 0 Å². The Bertz CT molecular complexity index is 925. The molecule has 0 atom stereocenters. The van der Waals surface area contributed by atoms with Crippen LogP contribution in [0.5, 0.6) is 0 Å². The van der Waals surface area contributed by atoms with Gasteiger partial charge in [-0.2, -0.15) is 0 Å². The average molecular weight is 386 g/mol. The van der Waals surface area contributed by atoms with Crippen LogP contribution in [0, 0.1) is 44.0 Å². The Kier molecular flexibility index (Phi) is 4.40. The van der Waals surface area contributed by atoms with Gasteiger partial charge in [-0.05, 0) is 0 Å². The summed E-state index contributed by atoms with van der Waals surface area (Å²) in [6.45, 7) is 13.9. The Morgan fingerprint density at radius 3 is 1.90 bits per heavy atom. The van der Waals surface area contributed by atoms with Gasteiger partial charge in [0, 0.05) is 0 Å². The normalized spacial score (nSPS) is 10.6. The van der Waals surface area contributed by atoms with E-state index < -0.39 is 0 Å². The van der Waals surface area contributed by atoms with Crippen molar-refractivity contribution in [2.24, 2.45) is 0 Å². The first-order valence-electron chi connectivity index (χ1n) is 5.23. The van der Waals surface area contributed by atoms with E-state index in [9.17, 15) is 0 Å². The molecule has 0 aromatic carbocycles. The zero-order valence-corrected chi connectivity index (χ0v) is 13.3. The van der Waals surface area contributed by atoms with E-state index in [0.717, 1.165) is 16.4 Å². The summed E-state index contributed by atoms with van der Waals surface area (Å²) in [6, 6.07) is 11.3. The zero-order chi connectivity index (χ0) is 14.5. The summed E-state index contributed by atoms with van der Waals surface area (Å²) in [5.74, 6) is 0.136. The number of nitrogens with zero attached hydrogens (tertiary/aromatic N) is 4. The Balaban J connectivity index is 2.84. The molecule has 0 fully saturated rings. The van der Waals surface area contributed by atoms with Crippen molar-refractivity contribution in [2.45, 2.75) is 0 Å². The van der Waals surface area contributed by atoms with Crippen LogP contribution >= 0.6 is 0 Å². The van der Waals surface area contributed by atoms with E-state index in [-0.39, 0.29) is 40.4 Å². The van der Waals surface area contributed by atoms with Crippen molar-refractivity contribution in [1.82, 2.24) is 0 Å². The molecule has 20 heavy (non-hydrogen) atoms. The van der Waals surface area contributed by atoms with Gasteiger partial charge in [-0.15, -0.1) is 0 Å². The summed E-state index contributed by atoms with van der Waals surface area (Å²) in [5.41, 5.74) is 0.171. The fraction of sp³-hybridized carbons (Fsp3) is 0. The topological polar surface area (TPSA) is 56.3 Å². The molecule has 0 spiro atoms. The van der Waals surface area contributed by atoms with E-state index in [1.165, 1.54) is 0 Å². The van der Waals surface area contributed by atoms with Crippen LogP contribution in [0.3, 0.4) is 0 Å². The molecule has 2 aromatic rings. The van der Waals surface area contributed by atoms with Crippen molar-refractivity contribution in [1.29, 1.82) is 10.5 Å². The van der Waals surface area contributed by atoms with E-state index in [1.807, 2.05) is 36.4 Å². The Morgan fingerprint density at radius 1 is 0.900 bits per heavy atom. The van der Waals surface area contributed by atoms with Crippen LogP contribution in [0.4, 0.5) is 0 Å². The van der Waals surface area contributed by atoms with Crippen LogP contribution < -0.4 is 8.19 Å². The van der Waals surface area contributed by atoms with Gasteiger partial charge in [-0.25, -0.2) is 0 Å². The molecule has 0 bridgehead atoms. The van der Waals surface area contributed by atoms with Crippen LogP contribution in [0.1, 0.15) is 0 Å². The molecule has 0 unspecified atom stereocenters. The van der Waals surface area contributed by atoms with Crippen LogP contribution in [0.15, 0.2) is 24.3 Å². The van der Waals surface area contributed by atoms with Gasteiger partial charge < -0.3 is 0 Å². The summed E-state index contributed by atoms with van der Waals surface area (Å²) in [5, 5.41) is 17.7. The maximum absolute atomic E-state index is 8.86. The second kappa shape index (κ2) is 6.23. The Labute approximate surface area is 126 Å². The van der Waals surface area contributed by atoms with Crippen LogP contribution in [-0.4, -0.2) is 29.0 Å². The summed E-state index contributed by atoms with van der Waals surface area (Å²) in [6.07, 6.45) is 0. The summed E-state index contributed by atoms with van der Waals surface area (Å²) in [7, 11) is 0. The molecule has 2 aromatic heterocycles. The zero-order valence-electron chi connectivity index (χ0n) is 9.91. The molecular weight excluding hydrogens is 382 g/mol. The van der Waals surface area contributed by atoms with Crippen molar-refractivity contribution in [3.63, 3.8) is 0 Å². The van der Waals surface area contributed by atoms with Crippen LogP contribution in [0.25, 0.3) is 21.1 Å². The number of hydrogen-bond acceptors (Lipinski definition) is 2. The third-order valence-corrected chi connectivity index (χ3v) is 7.73. The maximum atomic E-state index is 8.86. The molecule has 0 amide bonds. The minimum atomic E-state index is -0.0476. The first kappa shape index (κ1) is 14.1. The first-order valence-corrected chi connectivity index (χ1v) is 8.66. The molecular formula is C14H4N4Se2. The van der Waals surface area contributed by atoms with Crippen molar-refractivity contribution in [2.75, 3.05) is 0 Å². The van der Waals surface area contributed by atoms with Gasteiger partial charge in [0.25, 0.3) is 0 Å². The third-order valence-electron chi connectivity index (χ3n) is 2.36. The molecule has 2 heterocycles. The molecule has 0 aliphatic heterocycles. The average Bonchev–Trinajstić information content (AvgIpc) is 3.11. The van der Waals surface area contributed by atoms with Crippen LogP contribution in [0.2, 0.25) is 0 Å². The minimum absolute atomic E-state index is 0.0409. The molecule has 0 aliphatic carbocycles. The fourth-order valence-electron chi connectivity index (χ4n) is 1.47. The molecule has 0 saturated carbocycles. The molecule has 0 saturated heterocycles. The number of rotatable bonds is 0. The predicted molar refractivity (Wildman–Crippen MR) is 74.9 cm³/mol. The summed E-state index contributed by atoms with van der Waals surface area (Å²) >= 11 is -0.0885. The van der Waals surface area contributed by atoms with Gasteiger partial charge in [0.1, 0.15) is 0 Å². The molecule has 2 rings (SSSR count). The van der Waals surface area contributed by atoms with Crippen molar-refractivity contribution in [3.05, 3.63) is 63.5 Å². The quantitative estimate of drug-likeness (QED) is 0.480. The molecule has 0 N–H and O–H groups in total. The van der Waals surface area contributed by atoms with E-state index in [2.05, 4.69) is 9.69 Å².